The number of aromatic nitrogens is 2. The summed E-state index contributed by atoms with van der Waals surface area (Å²) in [6, 6.07) is 2.40. The van der Waals surface area contributed by atoms with E-state index in [9.17, 15) is 0 Å². The van der Waals surface area contributed by atoms with Gasteiger partial charge in [0.25, 0.3) is 0 Å². The molecule has 16 heavy (non-hydrogen) atoms. The van der Waals surface area contributed by atoms with E-state index in [2.05, 4.69) is 50.9 Å². The van der Waals surface area contributed by atoms with Gasteiger partial charge in [-0.25, -0.2) is 0 Å². The second-order valence-electron chi connectivity index (χ2n) is 3.61. The first-order chi connectivity index (χ1) is 7.70. The average molecular weight is 300 g/mol. The van der Waals surface area contributed by atoms with Gasteiger partial charge in [-0.3, -0.25) is 4.68 Å². The number of nitrogens with one attached hydrogen (secondary N) is 1. The van der Waals surface area contributed by atoms with Gasteiger partial charge in [-0.1, -0.05) is 6.92 Å². The molecule has 2 aromatic rings. The molecule has 86 valence electrons. The molecular formula is C11H14BrN3S. The van der Waals surface area contributed by atoms with Gasteiger partial charge in [-0.2, -0.15) is 5.10 Å². The standard InChI is InChI=1S/C11H14BrN3S/c1-3-13-11(8-5-14-15(2)6-8)10-4-9(12)7-16-10/h4-7,11,13H,3H2,1-2H3. The normalized spacial score (nSPS) is 12.9. The molecule has 2 rings (SSSR count). The van der Waals surface area contributed by atoms with E-state index in [1.165, 1.54) is 10.4 Å². The predicted octanol–water partition coefficient (Wildman–Crippen LogP) is 2.94. The molecule has 2 aromatic heterocycles. The Kier molecular flexibility index (Phi) is 3.78. The average Bonchev–Trinajstić information content (AvgIpc) is 2.84. The van der Waals surface area contributed by atoms with Crippen LogP contribution in [-0.2, 0) is 7.05 Å². The van der Waals surface area contributed by atoms with Gasteiger partial charge in [0.15, 0.2) is 0 Å². The fourth-order valence-electron chi connectivity index (χ4n) is 1.66. The molecule has 0 fully saturated rings. The number of halogens is 1. The summed E-state index contributed by atoms with van der Waals surface area (Å²) >= 11 is 5.25. The summed E-state index contributed by atoms with van der Waals surface area (Å²) in [5.74, 6) is 0. The van der Waals surface area contributed by atoms with E-state index in [-0.39, 0.29) is 6.04 Å². The molecule has 2 heterocycles. The number of aryl methyl sites for hydroxylation is 1. The highest BCUT2D eigenvalue weighted by molar-refractivity contribution is 9.10. The molecule has 5 heteroatoms. The number of rotatable bonds is 4. The van der Waals surface area contributed by atoms with Gasteiger partial charge < -0.3 is 5.32 Å². The minimum atomic E-state index is 0.245. The summed E-state index contributed by atoms with van der Waals surface area (Å²) in [7, 11) is 1.94. The molecular weight excluding hydrogens is 286 g/mol. The van der Waals surface area contributed by atoms with Gasteiger partial charge >= 0.3 is 0 Å². The van der Waals surface area contributed by atoms with Gasteiger partial charge in [0, 0.05) is 33.5 Å². The maximum atomic E-state index is 4.22. The first-order valence-electron chi connectivity index (χ1n) is 5.16. The van der Waals surface area contributed by atoms with Crippen LogP contribution in [0.1, 0.15) is 23.4 Å². The zero-order valence-electron chi connectivity index (χ0n) is 9.27. The van der Waals surface area contributed by atoms with Crippen molar-refractivity contribution in [3.8, 4) is 0 Å². The number of thiophene rings is 1. The van der Waals surface area contributed by atoms with Crippen LogP contribution in [0.4, 0.5) is 0 Å². The second-order valence-corrected chi connectivity index (χ2v) is 5.46. The van der Waals surface area contributed by atoms with Crippen molar-refractivity contribution >= 4 is 27.3 Å². The van der Waals surface area contributed by atoms with E-state index in [4.69, 9.17) is 0 Å². The Morgan fingerprint density at radius 1 is 1.62 bits per heavy atom. The van der Waals surface area contributed by atoms with Crippen molar-refractivity contribution < 1.29 is 0 Å². The third-order valence-corrected chi connectivity index (χ3v) is 4.10. The molecule has 1 unspecified atom stereocenters. The summed E-state index contributed by atoms with van der Waals surface area (Å²) in [4.78, 5) is 1.31. The minimum absolute atomic E-state index is 0.245. The quantitative estimate of drug-likeness (QED) is 0.941. The highest BCUT2D eigenvalue weighted by Gasteiger charge is 2.16. The lowest BCUT2D eigenvalue weighted by Gasteiger charge is -2.14. The van der Waals surface area contributed by atoms with Crippen molar-refractivity contribution in [2.24, 2.45) is 7.05 Å². The Morgan fingerprint density at radius 2 is 2.44 bits per heavy atom. The van der Waals surface area contributed by atoms with Crippen molar-refractivity contribution in [1.82, 2.24) is 15.1 Å². The molecule has 0 saturated carbocycles. The third-order valence-electron chi connectivity index (χ3n) is 2.34. The van der Waals surface area contributed by atoms with Crippen LogP contribution < -0.4 is 5.32 Å². The molecule has 0 amide bonds. The van der Waals surface area contributed by atoms with E-state index in [1.54, 1.807) is 11.3 Å². The first kappa shape index (κ1) is 11.8. The summed E-state index contributed by atoms with van der Waals surface area (Å²) in [5, 5.41) is 9.81. The fraction of sp³-hybridized carbons (Fsp3) is 0.364. The fourth-order valence-corrected chi connectivity index (χ4v) is 3.20. The smallest absolute Gasteiger partial charge is 0.0702 e. The second kappa shape index (κ2) is 5.12. The minimum Gasteiger partial charge on any atom is -0.306 e. The van der Waals surface area contributed by atoms with Gasteiger partial charge in [0.1, 0.15) is 0 Å². The van der Waals surface area contributed by atoms with Gasteiger partial charge in [0.05, 0.1) is 12.2 Å². The molecule has 0 bridgehead atoms. The van der Waals surface area contributed by atoms with Crippen LogP contribution in [0.3, 0.4) is 0 Å². The lowest BCUT2D eigenvalue weighted by atomic mass is 10.1. The molecule has 0 aliphatic rings. The van der Waals surface area contributed by atoms with Crippen LogP contribution >= 0.6 is 27.3 Å². The summed E-state index contributed by atoms with van der Waals surface area (Å²) in [6.07, 6.45) is 3.97. The molecule has 1 atom stereocenters. The highest BCUT2D eigenvalue weighted by atomic mass is 79.9. The number of hydrogen-bond donors (Lipinski definition) is 1. The van der Waals surface area contributed by atoms with Gasteiger partial charge in [0.2, 0.25) is 0 Å². The lowest BCUT2D eigenvalue weighted by molar-refractivity contribution is 0.638. The Balaban J connectivity index is 2.30. The largest absolute Gasteiger partial charge is 0.306 e. The Morgan fingerprint density at radius 3 is 2.94 bits per heavy atom. The van der Waals surface area contributed by atoms with Crippen molar-refractivity contribution in [3.05, 3.63) is 38.8 Å². The number of hydrogen-bond acceptors (Lipinski definition) is 3. The van der Waals surface area contributed by atoms with E-state index in [0.29, 0.717) is 0 Å². The van der Waals surface area contributed by atoms with Crippen molar-refractivity contribution in [1.29, 1.82) is 0 Å². The zero-order valence-corrected chi connectivity index (χ0v) is 11.7. The molecule has 0 aromatic carbocycles. The molecule has 0 radical (unpaired) electrons. The Bertz CT molecular complexity index is 423. The van der Waals surface area contributed by atoms with Crippen LogP contribution in [0.25, 0.3) is 0 Å². The maximum Gasteiger partial charge on any atom is 0.0702 e. The molecule has 3 nitrogen and oxygen atoms in total. The Labute approximate surface area is 108 Å². The van der Waals surface area contributed by atoms with Crippen molar-refractivity contribution in [2.75, 3.05) is 6.54 Å². The van der Waals surface area contributed by atoms with Crippen LogP contribution in [-0.4, -0.2) is 16.3 Å². The monoisotopic (exact) mass is 299 g/mol. The van der Waals surface area contributed by atoms with Crippen molar-refractivity contribution in [2.45, 2.75) is 13.0 Å². The van der Waals surface area contributed by atoms with E-state index < -0.39 is 0 Å². The summed E-state index contributed by atoms with van der Waals surface area (Å²) in [5.41, 5.74) is 1.21. The third kappa shape index (κ3) is 2.53. The first-order valence-corrected chi connectivity index (χ1v) is 6.84. The van der Waals surface area contributed by atoms with Gasteiger partial charge in [-0.15, -0.1) is 11.3 Å². The molecule has 0 aliphatic heterocycles. The van der Waals surface area contributed by atoms with Crippen LogP contribution in [0.5, 0.6) is 0 Å². The van der Waals surface area contributed by atoms with Crippen LogP contribution in [0.15, 0.2) is 28.3 Å². The summed E-state index contributed by atoms with van der Waals surface area (Å²) in [6.45, 7) is 3.06. The zero-order chi connectivity index (χ0) is 11.5. The van der Waals surface area contributed by atoms with E-state index >= 15 is 0 Å². The molecule has 0 aliphatic carbocycles. The Hall–Kier alpha value is -0.650. The predicted molar refractivity (Wildman–Crippen MR) is 70.7 cm³/mol. The van der Waals surface area contributed by atoms with E-state index in [1.807, 2.05) is 17.9 Å². The van der Waals surface area contributed by atoms with Crippen LogP contribution in [0.2, 0.25) is 0 Å². The lowest BCUT2D eigenvalue weighted by Crippen LogP contribution is -2.20. The van der Waals surface area contributed by atoms with E-state index in [0.717, 1.165) is 11.0 Å². The molecule has 0 saturated heterocycles. The maximum absolute atomic E-state index is 4.22. The SMILES string of the molecule is CCNC(c1cnn(C)c1)c1cc(Br)cs1. The highest BCUT2D eigenvalue weighted by Crippen LogP contribution is 2.29. The topological polar surface area (TPSA) is 29.9 Å². The summed E-state index contributed by atoms with van der Waals surface area (Å²) < 4.78 is 2.97. The van der Waals surface area contributed by atoms with Crippen LogP contribution in [0, 0.1) is 0 Å². The number of nitrogens with zero attached hydrogens (tertiary/aromatic N) is 2. The molecule has 1 N–H and O–H groups in total. The van der Waals surface area contributed by atoms with Gasteiger partial charge in [-0.05, 0) is 28.5 Å². The van der Waals surface area contributed by atoms with Crippen molar-refractivity contribution in [3.63, 3.8) is 0 Å². The molecule has 0 spiro atoms.